The summed E-state index contributed by atoms with van der Waals surface area (Å²) in [5.41, 5.74) is 12.2. The van der Waals surface area contributed by atoms with Gasteiger partial charge in [0.1, 0.15) is 5.82 Å². The van der Waals surface area contributed by atoms with Crippen molar-refractivity contribution in [3.63, 3.8) is 0 Å². The molecule has 43 heavy (non-hydrogen) atoms. The van der Waals surface area contributed by atoms with E-state index < -0.39 is 0 Å². The molecule has 5 nitrogen and oxygen atoms in total. The molecule has 0 saturated carbocycles. The first-order chi connectivity index (χ1) is 20.9. The van der Waals surface area contributed by atoms with Crippen molar-refractivity contribution in [1.82, 2.24) is 14.7 Å². The van der Waals surface area contributed by atoms with Crippen LogP contribution in [0.5, 0.6) is 0 Å². The number of hydrogen-bond acceptors (Lipinski definition) is 6. The first kappa shape index (κ1) is 31.0. The van der Waals surface area contributed by atoms with Gasteiger partial charge in [-0.3, -0.25) is 4.90 Å². The zero-order valence-electron chi connectivity index (χ0n) is 26.3. The van der Waals surface area contributed by atoms with Crippen LogP contribution in [0.3, 0.4) is 0 Å². The lowest BCUT2D eigenvalue weighted by molar-refractivity contribution is 0.284. The summed E-state index contributed by atoms with van der Waals surface area (Å²) in [6, 6.07) is 28.8. The molecule has 0 unspecified atom stereocenters. The third-order valence-electron chi connectivity index (χ3n) is 7.99. The normalized spacial score (nSPS) is 14.2. The predicted octanol–water partition coefficient (Wildman–Crippen LogP) is 7.53. The van der Waals surface area contributed by atoms with Crippen LogP contribution in [0.25, 0.3) is 21.7 Å². The van der Waals surface area contributed by atoms with Gasteiger partial charge < -0.3 is 20.4 Å². The van der Waals surface area contributed by atoms with E-state index in [1.54, 1.807) is 0 Å². The Hall–Kier alpha value is -3.42. The molecule has 2 heterocycles. The molecule has 0 bridgehead atoms. The number of nitrogens with two attached hydrogens (primary N) is 1. The number of rotatable bonds is 14. The maximum absolute atomic E-state index is 5.85. The number of fused-ring (bicyclic) bond motifs is 2. The molecule has 6 heteroatoms. The first-order valence-corrected chi connectivity index (χ1v) is 16.4. The van der Waals surface area contributed by atoms with E-state index in [2.05, 4.69) is 139 Å². The van der Waals surface area contributed by atoms with Crippen LogP contribution in [0.1, 0.15) is 35.3 Å². The zero-order valence-corrected chi connectivity index (χ0v) is 27.1. The van der Waals surface area contributed by atoms with Gasteiger partial charge in [-0.15, -0.1) is 11.3 Å². The summed E-state index contributed by atoms with van der Waals surface area (Å²) in [5, 5.41) is 1.36. The molecular formula is C37H47N5S. The first-order valence-electron chi connectivity index (χ1n) is 15.6. The van der Waals surface area contributed by atoms with Crippen molar-refractivity contribution in [1.29, 1.82) is 0 Å². The lowest BCUT2D eigenvalue weighted by Crippen LogP contribution is -2.38. The van der Waals surface area contributed by atoms with Gasteiger partial charge in [0.25, 0.3) is 0 Å². The van der Waals surface area contributed by atoms with Crippen LogP contribution < -0.4 is 10.6 Å². The maximum Gasteiger partial charge on any atom is 0.114 e. The molecular weight excluding hydrogens is 547 g/mol. The summed E-state index contributed by atoms with van der Waals surface area (Å²) in [6.45, 7) is 4.86. The van der Waals surface area contributed by atoms with Crippen molar-refractivity contribution in [3.05, 3.63) is 107 Å². The van der Waals surface area contributed by atoms with Gasteiger partial charge in [0.2, 0.25) is 0 Å². The molecule has 0 spiro atoms. The third-order valence-corrected chi connectivity index (χ3v) is 9.04. The second kappa shape index (κ2) is 14.8. The van der Waals surface area contributed by atoms with Crippen LogP contribution in [0.4, 0.5) is 11.4 Å². The number of aryl methyl sites for hydroxylation is 1. The quantitative estimate of drug-likeness (QED) is 0.164. The van der Waals surface area contributed by atoms with Crippen molar-refractivity contribution in [2.45, 2.75) is 25.7 Å². The van der Waals surface area contributed by atoms with Crippen molar-refractivity contribution in [3.8, 4) is 0 Å². The van der Waals surface area contributed by atoms with E-state index >= 15 is 0 Å². The summed E-state index contributed by atoms with van der Waals surface area (Å²) in [7, 11) is 8.65. The minimum absolute atomic E-state index is 0.722. The minimum atomic E-state index is 0.722. The molecule has 2 N–H and O–H groups in total. The van der Waals surface area contributed by atoms with Crippen LogP contribution in [-0.2, 0) is 6.42 Å². The Balaban J connectivity index is 1.61. The molecule has 1 aliphatic rings. The number of hydrogen-bond donors (Lipinski definition) is 1. The molecule has 0 aliphatic carbocycles. The van der Waals surface area contributed by atoms with Crippen molar-refractivity contribution >= 4 is 44.4 Å². The Morgan fingerprint density at radius 2 is 1.47 bits per heavy atom. The van der Waals surface area contributed by atoms with E-state index in [-0.39, 0.29) is 0 Å². The standard InChI is InChI=1S/C37H47N5S/c1-39(2)22-12-24-41(25-13-23-40(3)4)37-27-30(26-32-28-34-29(15-11-21-38)14-10-20-36(34)43-32)33-18-8-9-19-35(33)42(37)31-16-6-5-7-17-31/h5-10,14,16-20,26-28H,11-13,15,21-25,38H2,1-4H3. The Morgan fingerprint density at radius 3 is 2.16 bits per heavy atom. The fraction of sp³-hybridized carbons (Fsp3) is 0.351. The van der Waals surface area contributed by atoms with E-state index in [0.717, 1.165) is 58.4 Å². The monoisotopic (exact) mass is 593 g/mol. The highest BCUT2D eigenvalue weighted by Crippen LogP contribution is 2.43. The highest BCUT2D eigenvalue weighted by atomic mass is 32.1. The molecule has 4 aromatic rings. The van der Waals surface area contributed by atoms with Crippen LogP contribution in [0.2, 0.25) is 0 Å². The molecule has 0 saturated heterocycles. The van der Waals surface area contributed by atoms with Crippen molar-refractivity contribution < 1.29 is 0 Å². The van der Waals surface area contributed by atoms with E-state index in [1.807, 2.05) is 11.3 Å². The second-order valence-corrected chi connectivity index (χ2v) is 13.1. The Bertz CT molecular complexity index is 1520. The SMILES string of the molecule is CN(C)CCCN(CCCN(C)C)C1=CC(=Cc2cc3c(CCCN)cccc3s2)c2ccccc2N1c1ccccc1. The molecule has 1 aliphatic heterocycles. The summed E-state index contributed by atoms with van der Waals surface area (Å²) >= 11 is 1.88. The molecule has 0 amide bonds. The minimum Gasteiger partial charge on any atom is -0.358 e. The van der Waals surface area contributed by atoms with Gasteiger partial charge in [0, 0.05) is 33.9 Å². The third kappa shape index (κ3) is 7.76. The van der Waals surface area contributed by atoms with Gasteiger partial charge in [-0.1, -0.05) is 48.5 Å². The van der Waals surface area contributed by atoms with E-state index in [9.17, 15) is 0 Å². The van der Waals surface area contributed by atoms with Gasteiger partial charge >= 0.3 is 0 Å². The lowest BCUT2D eigenvalue weighted by atomic mass is 9.97. The number of allylic oxidation sites excluding steroid dienone is 2. The summed E-state index contributed by atoms with van der Waals surface area (Å²) in [4.78, 5) is 10.9. The number of anilines is 2. The smallest absolute Gasteiger partial charge is 0.114 e. The average molecular weight is 594 g/mol. The topological polar surface area (TPSA) is 39.0 Å². The van der Waals surface area contributed by atoms with E-state index in [4.69, 9.17) is 5.73 Å². The number of para-hydroxylation sites is 2. The molecule has 0 radical (unpaired) electrons. The highest BCUT2D eigenvalue weighted by molar-refractivity contribution is 7.19. The molecule has 0 fully saturated rings. The molecule has 3 aromatic carbocycles. The maximum atomic E-state index is 5.85. The van der Waals surface area contributed by atoms with Gasteiger partial charge in [-0.05, 0) is 133 Å². The molecule has 0 atom stereocenters. The fourth-order valence-electron chi connectivity index (χ4n) is 5.89. The van der Waals surface area contributed by atoms with Crippen molar-refractivity contribution in [2.24, 2.45) is 5.73 Å². The van der Waals surface area contributed by atoms with Crippen molar-refractivity contribution in [2.75, 3.05) is 65.8 Å². The summed E-state index contributed by atoms with van der Waals surface area (Å²) in [6.07, 6.45) is 9.08. The van der Waals surface area contributed by atoms with Gasteiger partial charge in [-0.2, -0.15) is 0 Å². The second-order valence-electron chi connectivity index (χ2n) is 12.0. The van der Waals surface area contributed by atoms with Gasteiger partial charge in [-0.25, -0.2) is 0 Å². The largest absolute Gasteiger partial charge is 0.358 e. The van der Waals surface area contributed by atoms with Gasteiger partial charge in [0.15, 0.2) is 0 Å². The van der Waals surface area contributed by atoms with Crippen LogP contribution in [0.15, 0.2) is 90.8 Å². The highest BCUT2D eigenvalue weighted by Gasteiger charge is 2.27. The summed E-state index contributed by atoms with van der Waals surface area (Å²) < 4.78 is 1.34. The van der Waals surface area contributed by atoms with Crippen LogP contribution in [-0.4, -0.2) is 75.6 Å². The zero-order chi connectivity index (χ0) is 30.2. The molecule has 5 rings (SSSR count). The average Bonchev–Trinajstić information content (AvgIpc) is 3.42. The van der Waals surface area contributed by atoms with Crippen LogP contribution >= 0.6 is 11.3 Å². The summed E-state index contributed by atoms with van der Waals surface area (Å²) in [5.74, 6) is 1.25. The Labute approximate surface area is 262 Å². The van der Waals surface area contributed by atoms with Gasteiger partial charge in [0.05, 0.1) is 5.69 Å². The Morgan fingerprint density at radius 1 is 0.767 bits per heavy atom. The predicted molar refractivity (Wildman–Crippen MR) is 188 cm³/mol. The number of thiophene rings is 1. The fourth-order valence-corrected chi connectivity index (χ4v) is 6.95. The molecule has 1 aromatic heterocycles. The molecule has 226 valence electrons. The number of benzene rings is 3. The van der Waals surface area contributed by atoms with E-state index in [1.165, 1.54) is 48.9 Å². The Kier molecular flexibility index (Phi) is 10.7. The van der Waals surface area contributed by atoms with E-state index in [0.29, 0.717) is 0 Å². The number of nitrogens with zero attached hydrogens (tertiary/aromatic N) is 4. The lowest BCUT2D eigenvalue weighted by Gasteiger charge is -2.40. The van der Waals surface area contributed by atoms with Crippen LogP contribution in [0, 0.1) is 0 Å².